The summed E-state index contributed by atoms with van der Waals surface area (Å²) in [5, 5.41) is 3.27. The highest BCUT2D eigenvalue weighted by Crippen LogP contribution is 2.61. The van der Waals surface area contributed by atoms with Gasteiger partial charge < -0.3 is 15.0 Å². The van der Waals surface area contributed by atoms with Gasteiger partial charge in [-0.25, -0.2) is 4.98 Å². The first-order valence-corrected chi connectivity index (χ1v) is 6.11. The Morgan fingerprint density at radius 1 is 1.59 bits per heavy atom. The molecule has 0 amide bonds. The van der Waals surface area contributed by atoms with E-state index in [0.717, 1.165) is 12.5 Å². The molecule has 0 bridgehead atoms. The van der Waals surface area contributed by atoms with Crippen molar-refractivity contribution in [2.75, 3.05) is 19.0 Å². The van der Waals surface area contributed by atoms with Gasteiger partial charge in [0.1, 0.15) is 0 Å². The molecule has 1 aromatic rings. The summed E-state index contributed by atoms with van der Waals surface area (Å²) in [5.41, 5.74) is 0.247. The molecule has 5 heteroatoms. The van der Waals surface area contributed by atoms with Crippen LogP contribution in [0.5, 0.6) is 5.75 Å². The number of H-pyrrole nitrogens is 1. The third-order valence-electron chi connectivity index (χ3n) is 3.96. The minimum atomic E-state index is -0.235. The third-order valence-corrected chi connectivity index (χ3v) is 3.96. The summed E-state index contributed by atoms with van der Waals surface area (Å²) in [6.45, 7) is 0.907. The van der Waals surface area contributed by atoms with Gasteiger partial charge in [0.25, 0.3) is 5.56 Å². The number of hydrogen-bond donors (Lipinski definition) is 2. The van der Waals surface area contributed by atoms with Crippen LogP contribution in [0.25, 0.3) is 0 Å². The highest BCUT2D eigenvalue weighted by atomic mass is 16.5. The van der Waals surface area contributed by atoms with Crippen molar-refractivity contribution in [1.82, 2.24) is 9.97 Å². The fourth-order valence-electron chi connectivity index (χ4n) is 2.55. The van der Waals surface area contributed by atoms with Gasteiger partial charge in [-0.1, -0.05) is 0 Å². The van der Waals surface area contributed by atoms with E-state index in [0.29, 0.717) is 11.2 Å². The average molecular weight is 235 g/mol. The van der Waals surface area contributed by atoms with Crippen LogP contribution in [0.2, 0.25) is 0 Å². The van der Waals surface area contributed by atoms with Gasteiger partial charge >= 0.3 is 0 Å². The van der Waals surface area contributed by atoms with Crippen molar-refractivity contribution in [1.29, 1.82) is 0 Å². The normalized spacial score (nSPS) is 21.0. The largest absolute Gasteiger partial charge is 0.489 e. The Hall–Kier alpha value is -1.52. The van der Waals surface area contributed by atoms with E-state index in [2.05, 4.69) is 15.3 Å². The van der Waals surface area contributed by atoms with E-state index in [1.807, 2.05) is 0 Å². The summed E-state index contributed by atoms with van der Waals surface area (Å²) >= 11 is 0. The zero-order valence-corrected chi connectivity index (χ0v) is 9.95. The maximum atomic E-state index is 11.5. The Morgan fingerprint density at radius 3 is 2.94 bits per heavy atom. The molecule has 5 nitrogen and oxygen atoms in total. The van der Waals surface area contributed by atoms with Gasteiger partial charge in [-0.15, -0.1) is 0 Å². The lowest BCUT2D eigenvalue weighted by Gasteiger charge is -2.16. The maximum Gasteiger partial charge on any atom is 0.295 e. The maximum absolute atomic E-state index is 11.5. The first-order chi connectivity index (χ1) is 8.25. The smallest absolute Gasteiger partial charge is 0.295 e. The van der Waals surface area contributed by atoms with Crippen LogP contribution in [0.4, 0.5) is 5.82 Å². The molecule has 0 radical (unpaired) electrons. The predicted octanol–water partition coefficient (Wildman–Crippen LogP) is 1.38. The van der Waals surface area contributed by atoms with Crippen molar-refractivity contribution in [2.24, 2.45) is 11.3 Å². The van der Waals surface area contributed by atoms with Gasteiger partial charge in [0.05, 0.1) is 13.4 Å². The Bertz CT molecular complexity index is 475. The molecule has 0 spiro atoms. The summed E-state index contributed by atoms with van der Waals surface area (Å²) in [5.74, 6) is 1.73. The molecule has 0 unspecified atom stereocenters. The van der Waals surface area contributed by atoms with Crippen molar-refractivity contribution in [3.05, 3.63) is 16.7 Å². The molecule has 2 fully saturated rings. The number of aromatic amines is 1. The van der Waals surface area contributed by atoms with Crippen molar-refractivity contribution in [3.63, 3.8) is 0 Å². The average Bonchev–Trinajstić information content (AvgIpc) is 3.17. The molecular formula is C12H17N3O2. The highest BCUT2D eigenvalue weighted by molar-refractivity contribution is 5.48. The second-order valence-corrected chi connectivity index (χ2v) is 5.10. The summed E-state index contributed by atoms with van der Waals surface area (Å²) < 4.78 is 5.07. The van der Waals surface area contributed by atoms with Crippen LogP contribution in [-0.4, -0.2) is 23.6 Å². The second kappa shape index (κ2) is 3.75. The molecule has 92 valence electrons. The summed E-state index contributed by atoms with van der Waals surface area (Å²) in [4.78, 5) is 18.1. The van der Waals surface area contributed by atoms with E-state index >= 15 is 0 Å². The van der Waals surface area contributed by atoms with Crippen LogP contribution in [0.1, 0.15) is 25.7 Å². The predicted molar refractivity (Wildman–Crippen MR) is 64.3 cm³/mol. The van der Waals surface area contributed by atoms with E-state index < -0.39 is 0 Å². The number of aromatic nitrogens is 2. The van der Waals surface area contributed by atoms with Gasteiger partial charge in [0.2, 0.25) is 5.75 Å². The molecule has 17 heavy (non-hydrogen) atoms. The summed E-state index contributed by atoms with van der Waals surface area (Å²) in [6.07, 6.45) is 6.74. The Labute approximate surface area is 99.6 Å². The molecule has 2 N–H and O–H groups in total. The fraction of sp³-hybridized carbons (Fsp3) is 0.667. The molecule has 1 aromatic heterocycles. The number of ether oxygens (including phenoxy) is 1. The molecule has 0 aromatic carbocycles. The van der Waals surface area contributed by atoms with Crippen LogP contribution in [0.15, 0.2) is 11.1 Å². The van der Waals surface area contributed by atoms with Crippen LogP contribution in [0, 0.1) is 11.3 Å². The van der Waals surface area contributed by atoms with Crippen molar-refractivity contribution < 1.29 is 4.74 Å². The number of anilines is 1. The van der Waals surface area contributed by atoms with Gasteiger partial charge in [0, 0.05) is 6.54 Å². The van der Waals surface area contributed by atoms with E-state index in [-0.39, 0.29) is 11.3 Å². The van der Waals surface area contributed by atoms with Crippen LogP contribution in [0.3, 0.4) is 0 Å². The number of nitrogens with zero attached hydrogens (tertiary/aromatic N) is 1. The lowest BCUT2D eigenvalue weighted by molar-refractivity contribution is 0.406. The molecule has 1 heterocycles. The first-order valence-electron chi connectivity index (χ1n) is 6.11. The lowest BCUT2D eigenvalue weighted by Crippen LogP contribution is -2.20. The summed E-state index contributed by atoms with van der Waals surface area (Å²) in [6, 6.07) is 0. The van der Waals surface area contributed by atoms with E-state index in [1.165, 1.54) is 39.1 Å². The standard InChI is InChI=1S/C12H17N3O2/c1-17-9-10(14-7-15-11(9)16)13-6-12(4-5-12)8-2-3-8/h7-8H,2-6H2,1H3,(H2,13,14,15,16). The summed E-state index contributed by atoms with van der Waals surface area (Å²) in [7, 11) is 1.49. The van der Waals surface area contributed by atoms with E-state index in [1.54, 1.807) is 0 Å². The first kappa shape index (κ1) is 10.6. The topological polar surface area (TPSA) is 67.0 Å². The molecule has 0 saturated heterocycles. The molecule has 0 aliphatic heterocycles. The monoisotopic (exact) mass is 235 g/mol. The highest BCUT2D eigenvalue weighted by Gasteiger charge is 2.53. The van der Waals surface area contributed by atoms with Gasteiger partial charge in [0.15, 0.2) is 5.82 Å². The second-order valence-electron chi connectivity index (χ2n) is 5.10. The number of hydrogen-bond acceptors (Lipinski definition) is 4. The van der Waals surface area contributed by atoms with Crippen molar-refractivity contribution in [2.45, 2.75) is 25.7 Å². The lowest BCUT2D eigenvalue weighted by atomic mass is 10.0. The Kier molecular flexibility index (Phi) is 2.34. The van der Waals surface area contributed by atoms with Crippen molar-refractivity contribution >= 4 is 5.82 Å². The third kappa shape index (κ3) is 1.90. The van der Waals surface area contributed by atoms with Crippen LogP contribution < -0.4 is 15.6 Å². The Morgan fingerprint density at radius 2 is 2.35 bits per heavy atom. The van der Waals surface area contributed by atoms with Crippen LogP contribution in [-0.2, 0) is 0 Å². The minimum absolute atomic E-state index is 0.235. The zero-order valence-electron chi connectivity index (χ0n) is 9.95. The number of rotatable bonds is 5. The van der Waals surface area contributed by atoms with Gasteiger partial charge in [-0.05, 0) is 37.0 Å². The zero-order chi connectivity index (χ0) is 11.9. The molecule has 3 rings (SSSR count). The molecule has 2 aliphatic carbocycles. The molecule has 2 saturated carbocycles. The van der Waals surface area contributed by atoms with Crippen LogP contribution >= 0.6 is 0 Å². The quantitative estimate of drug-likeness (QED) is 0.809. The minimum Gasteiger partial charge on any atom is -0.489 e. The molecule has 0 atom stereocenters. The number of methoxy groups -OCH3 is 1. The SMILES string of the molecule is COc1c(NCC2(C3CC3)CC2)nc[nH]c1=O. The number of nitrogens with one attached hydrogen (secondary N) is 2. The van der Waals surface area contributed by atoms with Crippen molar-refractivity contribution in [3.8, 4) is 5.75 Å². The Balaban J connectivity index is 1.72. The van der Waals surface area contributed by atoms with E-state index in [9.17, 15) is 4.79 Å². The molecule has 2 aliphatic rings. The van der Waals surface area contributed by atoms with Gasteiger partial charge in [-0.2, -0.15) is 0 Å². The molecular weight excluding hydrogens is 218 g/mol. The van der Waals surface area contributed by atoms with E-state index in [4.69, 9.17) is 4.74 Å². The fourth-order valence-corrected chi connectivity index (χ4v) is 2.55. The van der Waals surface area contributed by atoms with Gasteiger partial charge in [-0.3, -0.25) is 4.79 Å².